The number of Topliss-reactive ketones (excluding diaryl/α,β-unsaturated/α-hetero) is 1. The Kier molecular flexibility index (Phi) is 4.40. The fourth-order valence-corrected chi connectivity index (χ4v) is 2.67. The highest BCUT2D eigenvalue weighted by atomic mass is 35.5. The summed E-state index contributed by atoms with van der Waals surface area (Å²) in [5.41, 5.74) is 2.06. The van der Waals surface area contributed by atoms with Gasteiger partial charge in [0.15, 0.2) is 0 Å². The SMILES string of the molecule is CCc1nn(CC)c(CN2CCC(=O)CC2)c1Cl. The third-order valence-corrected chi connectivity index (χ3v) is 3.92. The lowest BCUT2D eigenvalue weighted by molar-refractivity contribution is -0.121. The molecule has 5 heteroatoms. The highest BCUT2D eigenvalue weighted by Crippen LogP contribution is 2.23. The second kappa shape index (κ2) is 5.85. The van der Waals surface area contributed by atoms with E-state index in [0.29, 0.717) is 18.6 Å². The van der Waals surface area contributed by atoms with Gasteiger partial charge in [0.1, 0.15) is 5.78 Å². The van der Waals surface area contributed by atoms with E-state index in [2.05, 4.69) is 23.8 Å². The Labute approximate surface area is 113 Å². The van der Waals surface area contributed by atoms with Gasteiger partial charge in [-0.05, 0) is 13.3 Å². The molecule has 0 aromatic carbocycles. The van der Waals surface area contributed by atoms with Crippen LogP contribution in [0.2, 0.25) is 5.02 Å². The van der Waals surface area contributed by atoms with Crippen LogP contribution < -0.4 is 0 Å². The number of carbonyl (C=O) groups excluding carboxylic acids is 1. The van der Waals surface area contributed by atoms with E-state index < -0.39 is 0 Å². The molecule has 0 bridgehead atoms. The van der Waals surface area contributed by atoms with E-state index >= 15 is 0 Å². The smallest absolute Gasteiger partial charge is 0.135 e. The van der Waals surface area contributed by atoms with Gasteiger partial charge in [-0.15, -0.1) is 0 Å². The van der Waals surface area contributed by atoms with Crippen LogP contribution in [0.25, 0.3) is 0 Å². The summed E-state index contributed by atoms with van der Waals surface area (Å²) in [7, 11) is 0. The minimum atomic E-state index is 0.371. The molecule has 0 spiro atoms. The van der Waals surface area contributed by atoms with Gasteiger partial charge in [0.05, 0.1) is 16.4 Å². The molecule has 0 atom stereocenters. The lowest BCUT2D eigenvalue weighted by Gasteiger charge is -2.25. The molecule has 1 aliphatic rings. The van der Waals surface area contributed by atoms with E-state index in [0.717, 1.165) is 49.0 Å². The summed E-state index contributed by atoms with van der Waals surface area (Å²) in [4.78, 5) is 13.5. The number of carbonyl (C=O) groups is 1. The third-order valence-electron chi connectivity index (χ3n) is 3.48. The first-order valence-corrected chi connectivity index (χ1v) is 7.01. The summed E-state index contributed by atoms with van der Waals surface area (Å²) in [6.07, 6.45) is 2.19. The molecule has 0 amide bonds. The van der Waals surface area contributed by atoms with Crippen molar-refractivity contribution in [1.29, 1.82) is 0 Å². The predicted octanol–water partition coefficient (Wildman–Crippen LogP) is 2.28. The Morgan fingerprint density at radius 1 is 1.28 bits per heavy atom. The van der Waals surface area contributed by atoms with Crippen LogP contribution >= 0.6 is 11.6 Å². The summed E-state index contributed by atoms with van der Waals surface area (Å²) in [5.74, 6) is 0.371. The second-order valence-corrected chi connectivity index (χ2v) is 5.07. The number of piperidine rings is 1. The first kappa shape index (κ1) is 13.6. The molecule has 1 aliphatic heterocycles. The van der Waals surface area contributed by atoms with Gasteiger partial charge in [0.25, 0.3) is 0 Å². The molecule has 0 radical (unpaired) electrons. The molecule has 0 aliphatic carbocycles. The number of rotatable bonds is 4. The van der Waals surface area contributed by atoms with Crippen molar-refractivity contribution in [3.8, 4) is 0 Å². The van der Waals surface area contributed by atoms with Crippen LogP contribution in [0.5, 0.6) is 0 Å². The maximum Gasteiger partial charge on any atom is 0.135 e. The largest absolute Gasteiger partial charge is 0.300 e. The van der Waals surface area contributed by atoms with E-state index in [4.69, 9.17) is 11.6 Å². The lowest BCUT2D eigenvalue weighted by Crippen LogP contribution is -2.34. The van der Waals surface area contributed by atoms with Gasteiger partial charge in [-0.2, -0.15) is 5.10 Å². The summed E-state index contributed by atoms with van der Waals surface area (Å²) in [6, 6.07) is 0. The van der Waals surface area contributed by atoms with Crippen LogP contribution in [0.1, 0.15) is 38.1 Å². The van der Waals surface area contributed by atoms with Crippen LogP contribution in [-0.4, -0.2) is 33.6 Å². The predicted molar refractivity (Wildman–Crippen MR) is 71.8 cm³/mol. The zero-order valence-electron chi connectivity index (χ0n) is 11.1. The molecule has 1 fully saturated rings. The Morgan fingerprint density at radius 2 is 1.94 bits per heavy atom. The highest BCUT2D eigenvalue weighted by molar-refractivity contribution is 6.31. The van der Waals surface area contributed by atoms with Crippen LogP contribution in [0.4, 0.5) is 0 Å². The van der Waals surface area contributed by atoms with E-state index in [1.165, 1.54) is 0 Å². The Bertz CT molecular complexity index is 432. The summed E-state index contributed by atoms with van der Waals surface area (Å²) in [6.45, 7) is 7.45. The number of hydrogen-bond donors (Lipinski definition) is 0. The maximum atomic E-state index is 11.2. The average molecular weight is 270 g/mol. The van der Waals surface area contributed by atoms with E-state index in [9.17, 15) is 4.79 Å². The molecule has 0 N–H and O–H groups in total. The van der Waals surface area contributed by atoms with Crippen LogP contribution in [0.3, 0.4) is 0 Å². The molecular weight excluding hydrogens is 250 g/mol. The molecule has 18 heavy (non-hydrogen) atoms. The van der Waals surface area contributed by atoms with Gasteiger partial charge in [-0.1, -0.05) is 18.5 Å². The van der Waals surface area contributed by atoms with Crippen molar-refractivity contribution in [1.82, 2.24) is 14.7 Å². The number of aryl methyl sites for hydroxylation is 2. The van der Waals surface area contributed by atoms with Gasteiger partial charge in [-0.25, -0.2) is 0 Å². The van der Waals surface area contributed by atoms with Crippen LogP contribution in [-0.2, 0) is 24.3 Å². The maximum absolute atomic E-state index is 11.2. The number of ketones is 1. The highest BCUT2D eigenvalue weighted by Gasteiger charge is 2.20. The van der Waals surface area contributed by atoms with Gasteiger partial charge >= 0.3 is 0 Å². The number of halogens is 1. The van der Waals surface area contributed by atoms with Gasteiger partial charge in [0, 0.05) is 39.0 Å². The first-order valence-electron chi connectivity index (χ1n) is 6.63. The zero-order chi connectivity index (χ0) is 13.1. The molecular formula is C13H20ClN3O. The number of likely N-dealkylation sites (tertiary alicyclic amines) is 1. The van der Waals surface area contributed by atoms with Gasteiger partial charge in [-0.3, -0.25) is 14.4 Å². The molecule has 0 saturated carbocycles. The molecule has 100 valence electrons. The molecule has 1 aromatic rings. The van der Waals surface area contributed by atoms with E-state index in [1.807, 2.05) is 4.68 Å². The summed E-state index contributed by atoms with van der Waals surface area (Å²) in [5, 5.41) is 5.32. The quantitative estimate of drug-likeness (QED) is 0.842. The number of nitrogens with zero attached hydrogens (tertiary/aromatic N) is 3. The van der Waals surface area contributed by atoms with Crippen molar-refractivity contribution >= 4 is 17.4 Å². The Balaban J connectivity index is 2.12. The number of hydrogen-bond acceptors (Lipinski definition) is 3. The topological polar surface area (TPSA) is 38.1 Å². The second-order valence-electron chi connectivity index (χ2n) is 4.69. The molecule has 4 nitrogen and oxygen atoms in total. The molecule has 1 saturated heterocycles. The minimum absolute atomic E-state index is 0.371. The monoisotopic (exact) mass is 269 g/mol. The van der Waals surface area contributed by atoms with Gasteiger partial charge in [0.2, 0.25) is 0 Å². The summed E-state index contributed by atoms with van der Waals surface area (Å²) < 4.78 is 1.98. The van der Waals surface area contributed by atoms with E-state index in [-0.39, 0.29) is 0 Å². The standard InChI is InChI=1S/C13H20ClN3O/c1-3-11-13(14)12(17(4-2)15-11)9-16-7-5-10(18)6-8-16/h3-9H2,1-2H3. The molecule has 0 unspecified atom stereocenters. The van der Waals surface area contributed by atoms with Crippen LogP contribution in [0.15, 0.2) is 0 Å². The van der Waals surface area contributed by atoms with Crippen molar-refractivity contribution in [3.63, 3.8) is 0 Å². The fourth-order valence-electron chi connectivity index (χ4n) is 2.34. The Morgan fingerprint density at radius 3 is 2.50 bits per heavy atom. The third kappa shape index (κ3) is 2.75. The zero-order valence-corrected chi connectivity index (χ0v) is 11.8. The van der Waals surface area contributed by atoms with Gasteiger partial charge < -0.3 is 0 Å². The lowest BCUT2D eigenvalue weighted by atomic mass is 10.1. The van der Waals surface area contributed by atoms with Crippen molar-refractivity contribution in [2.75, 3.05) is 13.1 Å². The van der Waals surface area contributed by atoms with Crippen molar-refractivity contribution in [3.05, 3.63) is 16.4 Å². The van der Waals surface area contributed by atoms with Crippen LogP contribution in [0, 0.1) is 0 Å². The Hall–Kier alpha value is -0.870. The molecule has 1 aromatic heterocycles. The molecule has 2 rings (SSSR count). The number of aromatic nitrogens is 2. The van der Waals surface area contributed by atoms with E-state index in [1.54, 1.807) is 0 Å². The molecule has 2 heterocycles. The first-order chi connectivity index (χ1) is 8.65. The van der Waals surface area contributed by atoms with Crippen molar-refractivity contribution < 1.29 is 4.79 Å². The average Bonchev–Trinajstić information content (AvgIpc) is 2.69. The minimum Gasteiger partial charge on any atom is -0.300 e. The van der Waals surface area contributed by atoms with Crippen molar-refractivity contribution in [2.45, 2.75) is 46.2 Å². The normalized spacial score (nSPS) is 17.4. The van der Waals surface area contributed by atoms with Crippen molar-refractivity contribution in [2.24, 2.45) is 0 Å². The fraction of sp³-hybridized carbons (Fsp3) is 0.692. The summed E-state index contributed by atoms with van der Waals surface area (Å²) >= 11 is 6.38.